The van der Waals surface area contributed by atoms with Crippen molar-refractivity contribution < 1.29 is 9.53 Å². The van der Waals surface area contributed by atoms with Crippen LogP contribution in [0.2, 0.25) is 0 Å². The molecule has 0 unspecified atom stereocenters. The van der Waals surface area contributed by atoms with Gasteiger partial charge in [0.25, 0.3) is 5.24 Å². The molecule has 0 atom stereocenters. The highest BCUT2D eigenvalue weighted by Gasteiger charge is 2.09. The molecule has 1 amide bonds. The number of thiol groups is 1. The van der Waals surface area contributed by atoms with Gasteiger partial charge < -0.3 is 9.64 Å². The summed E-state index contributed by atoms with van der Waals surface area (Å²) in [5, 5.41) is 0.278. The average Bonchev–Trinajstić information content (AvgIpc) is 2.25. The average molecular weight is 263 g/mol. The predicted molar refractivity (Wildman–Crippen MR) is 78.4 cm³/mol. The molecule has 17 heavy (non-hydrogen) atoms. The number of rotatable bonds is 8. The number of ether oxygens (including phenoxy) is 1. The van der Waals surface area contributed by atoms with Gasteiger partial charge in [-0.3, -0.25) is 4.79 Å². The first-order chi connectivity index (χ1) is 7.95. The van der Waals surface area contributed by atoms with Gasteiger partial charge in [0.05, 0.1) is 0 Å². The fourth-order valence-electron chi connectivity index (χ4n) is 1.54. The minimum atomic E-state index is -0.492. The minimum Gasteiger partial charge on any atom is -0.381 e. The summed E-state index contributed by atoms with van der Waals surface area (Å²) in [5.74, 6) is 0.760. The Morgan fingerprint density at radius 2 is 1.82 bits per heavy atom. The second kappa shape index (κ2) is 9.77. The highest BCUT2D eigenvalue weighted by Crippen LogP contribution is 2.18. The summed E-state index contributed by atoms with van der Waals surface area (Å²) in [5.41, 5.74) is 0. The molecule has 0 N–H and O–H groups in total. The third kappa shape index (κ3) is 9.48. The number of carbonyl (C=O) groups is 1. The molecule has 0 saturated carbocycles. The molecule has 0 rings (SSSR count). The molecule has 0 aromatic heterocycles. The fourth-order valence-corrected chi connectivity index (χ4v) is 2.32. The topological polar surface area (TPSA) is 29.5 Å². The Morgan fingerprint density at radius 3 is 2.35 bits per heavy atom. The third-order valence-electron chi connectivity index (χ3n) is 2.56. The van der Waals surface area contributed by atoms with Gasteiger partial charge in [-0.15, -0.1) is 0 Å². The Balaban J connectivity index is 3.36. The van der Waals surface area contributed by atoms with Gasteiger partial charge in [-0.1, -0.05) is 13.8 Å². The lowest BCUT2D eigenvalue weighted by molar-refractivity contribution is 0.121. The van der Waals surface area contributed by atoms with Crippen molar-refractivity contribution in [3.63, 3.8) is 0 Å². The van der Waals surface area contributed by atoms with Crippen LogP contribution in [0.4, 0.5) is 4.79 Å². The van der Waals surface area contributed by atoms with Crippen molar-refractivity contribution in [2.24, 2.45) is 5.92 Å². The second-order valence-electron chi connectivity index (χ2n) is 5.10. The van der Waals surface area contributed by atoms with Crippen LogP contribution in [0.15, 0.2) is 0 Å². The summed E-state index contributed by atoms with van der Waals surface area (Å²) >= 11 is 0. The molecule has 0 saturated heterocycles. The van der Waals surface area contributed by atoms with E-state index in [9.17, 15) is 4.79 Å². The molecular weight excluding hydrogens is 234 g/mol. The van der Waals surface area contributed by atoms with Crippen LogP contribution in [0.25, 0.3) is 0 Å². The van der Waals surface area contributed by atoms with Gasteiger partial charge in [0.2, 0.25) is 0 Å². The highest BCUT2D eigenvalue weighted by atomic mass is 32.2. The van der Waals surface area contributed by atoms with Gasteiger partial charge in [-0.2, -0.15) is 10.9 Å². The van der Waals surface area contributed by atoms with Gasteiger partial charge in [0.1, 0.15) is 0 Å². The third-order valence-corrected chi connectivity index (χ3v) is 3.67. The Morgan fingerprint density at radius 1 is 1.24 bits per heavy atom. The van der Waals surface area contributed by atoms with Crippen molar-refractivity contribution in [3.8, 4) is 0 Å². The lowest BCUT2D eigenvalue weighted by Crippen LogP contribution is -2.26. The second-order valence-corrected chi connectivity index (χ2v) is 7.27. The fraction of sp³-hybridized carbons (Fsp3) is 0.923. The van der Waals surface area contributed by atoms with E-state index in [0.29, 0.717) is 0 Å². The van der Waals surface area contributed by atoms with Crippen LogP contribution in [0.1, 0.15) is 33.1 Å². The number of carbonyl (C=O) groups excluding carboxylic acids is 1. The SMILES string of the molecule is CC(C)CCCOCCCN(C)C(=O)[SH](C)C. The van der Waals surface area contributed by atoms with Crippen LogP contribution in [0, 0.1) is 5.92 Å². The number of hydrogen-bond acceptors (Lipinski definition) is 2. The van der Waals surface area contributed by atoms with Crippen LogP contribution in [0.3, 0.4) is 0 Å². The normalized spacial score (nSPS) is 11.8. The smallest absolute Gasteiger partial charge is 0.260 e. The molecule has 0 heterocycles. The minimum absolute atomic E-state index is 0.278. The van der Waals surface area contributed by atoms with Crippen LogP contribution in [0.5, 0.6) is 0 Å². The van der Waals surface area contributed by atoms with E-state index in [1.54, 1.807) is 0 Å². The zero-order chi connectivity index (χ0) is 13.3. The van der Waals surface area contributed by atoms with Gasteiger partial charge in [-0.05, 0) is 37.7 Å². The van der Waals surface area contributed by atoms with E-state index >= 15 is 0 Å². The Bertz CT molecular complexity index is 208. The Labute approximate surface area is 109 Å². The summed E-state index contributed by atoms with van der Waals surface area (Å²) in [6, 6.07) is 0. The van der Waals surface area contributed by atoms with E-state index in [2.05, 4.69) is 13.8 Å². The Hall–Kier alpha value is -0.220. The first-order valence-electron chi connectivity index (χ1n) is 6.45. The van der Waals surface area contributed by atoms with E-state index in [4.69, 9.17) is 4.74 Å². The number of nitrogens with zero attached hydrogens (tertiary/aromatic N) is 1. The molecule has 0 aromatic carbocycles. The van der Waals surface area contributed by atoms with Crippen molar-refractivity contribution in [3.05, 3.63) is 0 Å². The van der Waals surface area contributed by atoms with Crippen molar-refractivity contribution >= 4 is 16.1 Å². The van der Waals surface area contributed by atoms with Crippen molar-refractivity contribution in [1.82, 2.24) is 4.90 Å². The van der Waals surface area contributed by atoms with Crippen LogP contribution < -0.4 is 0 Å². The largest absolute Gasteiger partial charge is 0.381 e. The van der Waals surface area contributed by atoms with Crippen molar-refractivity contribution in [1.29, 1.82) is 0 Å². The molecule has 0 fully saturated rings. The Kier molecular flexibility index (Phi) is 9.65. The summed E-state index contributed by atoms with van der Waals surface area (Å²) in [6.45, 7) is 6.89. The molecule has 0 spiro atoms. The predicted octanol–water partition coefficient (Wildman–Crippen LogP) is 3.14. The van der Waals surface area contributed by atoms with E-state index in [1.807, 2.05) is 24.5 Å². The number of amides is 1. The lowest BCUT2D eigenvalue weighted by Gasteiger charge is -2.20. The van der Waals surface area contributed by atoms with Crippen LogP contribution >= 0.6 is 10.9 Å². The standard InChI is InChI=1S/C13H29NO2S/c1-12(2)8-6-10-16-11-7-9-14(3)13(15)17(4)5/h12,17H,6-11H2,1-5H3. The molecule has 0 aliphatic carbocycles. The molecule has 0 aliphatic rings. The summed E-state index contributed by atoms with van der Waals surface area (Å²) in [7, 11) is 1.39. The van der Waals surface area contributed by atoms with E-state index < -0.39 is 10.9 Å². The maximum Gasteiger partial charge on any atom is 0.260 e. The highest BCUT2D eigenvalue weighted by molar-refractivity contribution is 8.28. The molecule has 0 aliphatic heterocycles. The van der Waals surface area contributed by atoms with E-state index in [1.165, 1.54) is 6.42 Å². The van der Waals surface area contributed by atoms with E-state index in [-0.39, 0.29) is 5.24 Å². The zero-order valence-electron chi connectivity index (χ0n) is 12.0. The summed E-state index contributed by atoms with van der Waals surface area (Å²) in [6.07, 6.45) is 7.30. The van der Waals surface area contributed by atoms with Gasteiger partial charge in [-0.25, -0.2) is 0 Å². The maximum absolute atomic E-state index is 11.6. The summed E-state index contributed by atoms with van der Waals surface area (Å²) in [4.78, 5) is 13.4. The monoisotopic (exact) mass is 263 g/mol. The van der Waals surface area contributed by atoms with E-state index in [0.717, 1.165) is 38.5 Å². The quantitative estimate of drug-likeness (QED) is 0.538. The van der Waals surface area contributed by atoms with Crippen LogP contribution in [-0.2, 0) is 4.74 Å². The molecule has 0 radical (unpaired) electrons. The zero-order valence-corrected chi connectivity index (χ0v) is 12.9. The summed E-state index contributed by atoms with van der Waals surface area (Å²) < 4.78 is 5.54. The molecule has 3 nitrogen and oxygen atoms in total. The first-order valence-corrected chi connectivity index (χ1v) is 8.69. The lowest BCUT2D eigenvalue weighted by atomic mass is 10.1. The van der Waals surface area contributed by atoms with Gasteiger partial charge in [0.15, 0.2) is 0 Å². The van der Waals surface area contributed by atoms with Crippen LogP contribution in [-0.4, -0.2) is 49.5 Å². The first kappa shape index (κ1) is 16.8. The molecule has 0 aromatic rings. The maximum atomic E-state index is 11.6. The number of hydrogen-bond donors (Lipinski definition) is 1. The molecule has 104 valence electrons. The molecular formula is C13H29NO2S. The molecule has 0 bridgehead atoms. The van der Waals surface area contributed by atoms with Crippen molar-refractivity contribution in [2.45, 2.75) is 33.1 Å². The molecule has 4 heteroatoms. The van der Waals surface area contributed by atoms with Crippen molar-refractivity contribution in [2.75, 3.05) is 39.3 Å². The van der Waals surface area contributed by atoms with Gasteiger partial charge in [0, 0.05) is 26.8 Å². The van der Waals surface area contributed by atoms with Gasteiger partial charge >= 0.3 is 0 Å².